The van der Waals surface area contributed by atoms with E-state index in [1.807, 2.05) is 19.2 Å². The van der Waals surface area contributed by atoms with Gasteiger partial charge in [0.1, 0.15) is 5.82 Å². The Hall–Kier alpha value is -1.53. The van der Waals surface area contributed by atoms with E-state index in [2.05, 4.69) is 39.6 Å². The topological polar surface area (TPSA) is 19.4 Å². The van der Waals surface area contributed by atoms with E-state index in [0.717, 1.165) is 44.1 Å². The average Bonchev–Trinajstić information content (AvgIpc) is 2.40. The highest BCUT2D eigenvalue weighted by molar-refractivity contribution is 5.43. The molecule has 0 atom stereocenters. The number of pyridine rings is 1. The number of likely N-dealkylation sites (N-methyl/N-ethyl adjacent to an activating group) is 1. The summed E-state index contributed by atoms with van der Waals surface area (Å²) in [5.74, 6) is 6.97. The third-order valence-electron chi connectivity index (χ3n) is 3.16. The van der Waals surface area contributed by atoms with Crippen LogP contribution in [0.5, 0.6) is 0 Å². The predicted molar refractivity (Wildman–Crippen MR) is 71.1 cm³/mol. The molecule has 1 aliphatic rings. The van der Waals surface area contributed by atoms with E-state index in [1.54, 1.807) is 0 Å². The minimum absolute atomic E-state index is 0.989. The molecule has 1 fully saturated rings. The molecule has 0 N–H and O–H groups in total. The van der Waals surface area contributed by atoms with E-state index >= 15 is 0 Å². The van der Waals surface area contributed by atoms with Crippen molar-refractivity contribution in [2.45, 2.75) is 13.8 Å². The molecule has 0 aromatic carbocycles. The van der Waals surface area contributed by atoms with Gasteiger partial charge in [-0.1, -0.05) is 12.8 Å². The normalized spacial score (nSPS) is 16.5. The van der Waals surface area contributed by atoms with E-state index in [9.17, 15) is 0 Å². The van der Waals surface area contributed by atoms with E-state index in [0.29, 0.717) is 0 Å². The third kappa shape index (κ3) is 2.98. The minimum Gasteiger partial charge on any atom is -0.354 e. The zero-order valence-corrected chi connectivity index (χ0v) is 10.6. The van der Waals surface area contributed by atoms with Crippen LogP contribution in [0, 0.1) is 11.8 Å². The summed E-state index contributed by atoms with van der Waals surface area (Å²) < 4.78 is 0. The summed E-state index contributed by atoms with van der Waals surface area (Å²) in [7, 11) is 0. The highest BCUT2D eigenvalue weighted by Gasteiger charge is 2.16. The van der Waals surface area contributed by atoms with Crippen LogP contribution in [0.25, 0.3) is 0 Å². The Morgan fingerprint density at radius 1 is 1.24 bits per heavy atom. The molecule has 0 spiro atoms. The first-order valence-corrected chi connectivity index (χ1v) is 6.19. The smallest absolute Gasteiger partial charge is 0.128 e. The standard InChI is InChI=1S/C14H19N3/c1-3-5-13-6-7-14(15-12-13)17-10-8-16(4-2)9-11-17/h6-7,12H,4,8-11H2,1-2H3. The molecule has 1 aromatic heterocycles. The lowest BCUT2D eigenvalue weighted by Gasteiger charge is -2.34. The van der Waals surface area contributed by atoms with Gasteiger partial charge in [0.25, 0.3) is 0 Å². The summed E-state index contributed by atoms with van der Waals surface area (Å²) in [5.41, 5.74) is 0.989. The zero-order chi connectivity index (χ0) is 12.1. The molecule has 2 rings (SSSR count). The Kier molecular flexibility index (Phi) is 4.00. The second kappa shape index (κ2) is 5.70. The van der Waals surface area contributed by atoms with Gasteiger partial charge in [-0.25, -0.2) is 4.98 Å². The van der Waals surface area contributed by atoms with Crippen LogP contribution in [0.4, 0.5) is 5.82 Å². The molecule has 90 valence electrons. The van der Waals surface area contributed by atoms with Gasteiger partial charge in [0, 0.05) is 37.9 Å². The predicted octanol–water partition coefficient (Wildman–Crippen LogP) is 1.59. The fourth-order valence-corrected chi connectivity index (χ4v) is 2.08. The molecule has 1 aromatic rings. The van der Waals surface area contributed by atoms with Gasteiger partial charge in [0.05, 0.1) is 0 Å². The minimum atomic E-state index is 0.989. The number of anilines is 1. The fraction of sp³-hybridized carbons (Fsp3) is 0.500. The molecular formula is C14H19N3. The summed E-state index contributed by atoms with van der Waals surface area (Å²) in [6.07, 6.45) is 1.86. The average molecular weight is 229 g/mol. The number of nitrogens with zero attached hydrogens (tertiary/aromatic N) is 3. The van der Waals surface area contributed by atoms with Crippen molar-refractivity contribution in [3.8, 4) is 11.8 Å². The summed E-state index contributed by atoms with van der Waals surface area (Å²) in [5, 5.41) is 0. The molecule has 1 aliphatic heterocycles. The van der Waals surface area contributed by atoms with Crippen LogP contribution in [0.1, 0.15) is 19.4 Å². The zero-order valence-electron chi connectivity index (χ0n) is 10.6. The largest absolute Gasteiger partial charge is 0.354 e. The lowest BCUT2D eigenvalue weighted by molar-refractivity contribution is 0.270. The molecule has 0 aliphatic carbocycles. The number of piperazine rings is 1. The van der Waals surface area contributed by atoms with Gasteiger partial charge in [-0.3, -0.25) is 0 Å². The second-order valence-electron chi connectivity index (χ2n) is 4.20. The van der Waals surface area contributed by atoms with Gasteiger partial charge in [-0.2, -0.15) is 0 Å². The van der Waals surface area contributed by atoms with Gasteiger partial charge in [-0.15, -0.1) is 5.92 Å². The first-order chi connectivity index (χ1) is 8.33. The van der Waals surface area contributed by atoms with Crippen molar-refractivity contribution in [1.29, 1.82) is 0 Å². The molecule has 17 heavy (non-hydrogen) atoms. The number of aromatic nitrogens is 1. The van der Waals surface area contributed by atoms with Crippen LogP contribution in [0.3, 0.4) is 0 Å². The Labute approximate surface area is 103 Å². The molecule has 0 amide bonds. The molecule has 3 nitrogen and oxygen atoms in total. The van der Waals surface area contributed by atoms with Crippen LogP contribution >= 0.6 is 0 Å². The molecule has 0 bridgehead atoms. The van der Waals surface area contributed by atoms with Crippen LogP contribution in [0.2, 0.25) is 0 Å². The van der Waals surface area contributed by atoms with Gasteiger partial charge >= 0.3 is 0 Å². The summed E-state index contributed by atoms with van der Waals surface area (Å²) in [6, 6.07) is 4.12. The number of hydrogen-bond donors (Lipinski definition) is 0. The number of hydrogen-bond acceptors (Lipinski definition) is 3. The first-order valence-electron chi connectivity index (χ1n) is 6.19. The molecule has 2 heterocycles. The molecule has 3 heteroatoms. The van der Waals surface area contributed by atoms with Crippen molar-refractivity contribution < 1.29 is 0 Å². The molecule has 0 saturated carbocycles. The number of rotatable bonds is 2. The summed E-state index contributed by atoms with van der Waals surface area (Å²) in [6.45, 7) is 9.61. The lowest BCUT2D eigenvalue weighted by Crippen LogP contribution is -2.46. The molecule has 0 radical (unpaired) electrons. The van der Waals surface area contributed by atoms with Crippen LogP contribution < -0.4 is 4.90 Å². The Bertz CT molecular complexity index is 405. The molecular weight excluding hydrogens is 210 g/mol. The third-order valence-corrected chi connectivity index (χ3v) is 3.16. The van der Waals surface area contributed by atoms with E-state index < -0.39 is 0 Å². The van der Waals surface area contributed by atoms with E-state index in [1.165, 1.54) is 0 Å². The quantitative estimate of drug-likeness (QED) is 0.718. The highest BCUT2D eigenvalue weighted by Crippen LogP contribution is 2.13. The van der Waals surface area contributed by atoms with E-state index in [4.69, 9.17) is 0 Å². The Balaban J connectivity index is 2.00. The lowest BCUT2D eigenvalue weighted by atomic mass is 10.2. The first kappa shape index (κ1) is 11.9. The summed E-state index contributed by atoms with van der Waals surface area (Å²) >= 11 is 0. The van der Waals surface area contributed by atoms with Crippen molar-refractivity contribution in [2.75, 3.05) is 37.6 Å². The summed E-state index contributed by atoms with van der Waals surface area (Å²) in [4.78, 5) is 9.29. The monoisotopic (exact) mass is 229 g/mol. The van der Waals surface area contributed by atoms with Crippen molar-refractivity contribution in [2.24, 2.45) is 0 Å². The van der Waals surface area contributed by atoms with Gasteiger partial charge in [0.2, 0.25) is 0 Å². The van der Waals surface area contributed by atoms with Crippen LogP contribution in [-0.4, -0.2) is 42.6 Å². The van der Waals surface area contributed by atoms with Crippen molar-refractivity contribution >= 4 is 5.82 Å². The SMILES string of the molecule is CC#Cc1ccc(N2CCN(CC)CC2)nc1. The van der Waals surface area contributed by atoms with Gasteiger partial charge in [0.15, 0.2) is 0 Å². The van der Waals surface area contributed by atoms with Gasteiger partial charge < -0.3 is 9.80 Å². The van der Waals surface area contributed by atoms with Crippen molar-refractivity contribution in [3.63, 3.8) is 0 Å². The van der Waals surface area contributed by atoms with Crippen molar-refractivity contribution in [1.82, 2.24) is 9.88 Å². The second-order valence-corrected chi connectivity index (χ2v) is 4.20. The fourth-order valence-electron chi connectivity index (χ4n) is 2.08. The maximum Gasteiger partial charge on any atom is 0.128 e. The van der Waals surface area contributed by atoms with Crippen LogP contribution in [0.15, 0.2) is 18.3 Å². The maximum absolute atomic E-state index is 4.48. The Morgan fingerprint density at radius 3 is 2.53 bits per heavy atom. The maximum atomic E-state index is 4.48. The van der Waals surface area contributed by atoms with E-state index in [-0.39, 0.29) is 0 Å². The van der Waals surface area contributed by atoms with Gasteiger partial charge in [-0.05, 0) is 25.6 Å². The Morgan fingerprint density at radius 2 is 2.00 bits per heavy atom. The highest BCUT2D eigenvalue weighted by atomic mass is 15.3. The van der Waals surface area contributed by atoms with Crippen molar-refractivity contribution in [3.05, 3.63) is 23.9 Å². The molecule has 0 unspecified atom stereocenters. The van der Waals surface area contributed by atoms with Crippen LogP contribution in [-0.2, 0) is 0 Å². The molecule has 1 saturated heterocycles.